The third-order valence-corrected chi connectivity index (χ3v) is 3.77. The highest BCUT2D eigenvalue weighted by Gasteiger charge is 2.43. The Morgan fingerprint density at radius 1 is 1.10 bits per heavy atom. The Morgan fingerprint density at radius 3 is 2.55 bits per heavy atom. The highest BCUT2D eigenvalue weighted by molar-refractivity contribution is 5.82. The molecule has 3 rings (SSSR count). The van der Waals surface area contributed by atoms with Gasteiger partial charge in [0.05, 0.1) is 0 Å². The van der Waals surface area contributed by atoms with Gasteiger partial charge in [-0.15, -0.1) is 0 Å². The van der Waals surface area contributed by atoms with Gasteiger partial charge in [0.25, 0.3) is 0 Å². The Morgan fingerprint density at radius 2 is 1.80 bits per heavy atom. The molecule has 0 aromatic heterocycles. The molecule has 2 nitrogen and oxygen atoms in total. The maximum absolute atomic E-state index is 13.4. The molecule has 0 unspecified atom stereocenters. The predicted molar refractivity (Wildman–Crippen MR) is 75.5 cm³/mol. The summed E-state index contributed by atoms with van der Waals surface area (Å²) in [6, 6.07) is 16.6. The van der Waals surface area contributed by atoms with Gasteiger partial charge in [0.2, 0.25) is 5.91 Å². The van der Waals surface area contributed by atoms with E-state index in [0.29, 0.717) is 11.5 Å². The molecule has 102 valence electrons. The van der Waals surface area contributed by atoms with Crippen LogP contribution in [0.4, 0.5) is 4.39 Å². The molecule has 2 atom stereocenters. The van der Waals surface area contributed by atoms with Crippen LogP contribution in [0.3, 0.4) is 0 Å². The molecule has 1 saturated carbocycles. The summed E-state index contributed by atoms with van der Waals surface area (Å²) in [5, 5.41) is 2.82. The van der Waals surface area contributed by atoms with E-state index in [-0.39, 0.29) is 24.2 Å². The maximum atomic E-state index is 13.4. The normalized spacial score (nSPS) is 20.4. The minimum absolute atomic E-state index is 0.0158. The largest absolute Gasteiger partial charge is 0.352 e. The third kappa shape index (κ3) is 2.72. The second-order valence-electron chi connectivity index (χ2n) is 5.17. The summed E-state index contributed by atoms with van der Waals surface area (Å²) in [5.41, 5.74) is 1.73. The van der Waals surface area contributed by atoms with E-state index in [9.17, 15) is 9.18 Å². The Labute approximate surface area is 117 Å². The van der Waals surface area contributed by atoms with E-state index >= 15 is 0 Å². The SMILES string of the molecule is O=C(NCc1ccccc1F)[C@H]1C[C@@H]1c1ccccc1. The number of benzene rings is 2. The molecule has 0 radical (unpaired) electrons. The van der Waals surface area contributed by atoms with Crippen molar-refractivity contribution in [2.24, 2.45) is 5.92 Å². The highest BCUT2D eigenvalue weighted by atomic mass is 19.1. The molecule has 0 heterocycles. The lowest BCUT2D eigenvalue weighted by atomic mass is 10.1. The van der Waals surface area contributed by atoms with E-state index in [1.54, 1.807) is 18.2 Å². The molecular formula is C17H16FNO. The molecule has 0 saturated heterocycles. The van der Waals surface area contributed by atoms with Crippen LogP contribution in [0.1, 0.15) is 23.5 Å². The van der Waals surface area contributed by atoms with Crippen LogP contribution in [-0.4, -0.2) is 5.91 Å². The van der Waals surface area contributed by atoms with Crippen molar-refractivity contribution in [3.05, 3.63) is 71.5 Å². The number of hydrogen-bond donors (Lipinski definition) is 1. The molecule has 1 fully saturated rings. The van der Waals surface area contributed by atoms with Crippen LogP contribution < -0.4 is 5.32 Å². The van der Waals surface area contributed by atoms with E-state index in [2.05, 4.69) is 17.4 Å². The molecule has 20 heavy (non-hydrogen) atoms. The van der Waals surface area contributed by atoms with Gasteiger partial charge >= 0.3 is 0 Å². The van der Waals surface area contributed by atoms with Gasteiger partial charge in [-0.05, 0) is 24.0 Å². The zero-order chi connectivity index (χ0) is 13.9. The molecule has 1 aliphatic carbocycles. The van der Waals surface area contributed by atoms with Gasteiger partial charge in [0, 0.05) is 18.0 Å². The minimum Gasteiger partial charge on any atom is -0.352 e. The minimum atomic E-state index is -0.275. The number of carbonyl (C=O) groups excluding carboxylic acids is 1. The van der Waals surface area contributed by atoms with E-state index < -0.39 is 0 Å². The average Bonchev–Trinajstić information content (AvgIpc) is 3.28. The lowest BCUT2D eigenvalue weighted by molar-refractivity contribution is -0.122. The number of nitrogens with one attached hydrogen (secondary N) is 1. The number of carbonyl (C=O) groups is 1. The first-order chi connectivity index (χ1) is 9.75. The standard InChI is InChI=1S/C17H16FNO/c18-16-9-5-4-8-13(16)11-19-17(20)15-10-14(15)12-6-2-1-3-7-12/h1-9,14-15H,10-11H2,(H,19,20)/t14-,15+/m1/s1. The number of halogens is 1. The molecule has 0 aliphatic heterocycles. The van der Waals surface area contributed by atoms with Crippen LogP contribution in [0.5, 0.6) is 0 Å². The fraction of sp³-hybridized carbons (Fsp3) is 0.235. The van der Waals surface area contributed by atoms with Gasteiger partial charge in [-0.2, -0.15) is 0 Å². The molecule has 0 bridgehead atoms. The zero-order valence-corrected chi connectivity index (χ0v) is 11.1. The summed E-state index contributed by atoms with van der Waals surface area (Å²) < 4.78 is 13.4. The first-order valence-electron chi connectivity index (χ1n) is 6.82. The van der Waals surface area contributed by atoms with E-state index in [1.165, 1.54) is 11.6 Å². The van der Waals surface area contributed by atoms with Crippen molar-refractivity contribution in [1.82, 2.24) is 5.32 Å². The van der Waals surface area contributed by atoms with Crippen molar-refractivity contribution in [2.75, 3.05) is 0 Å². The summed E-state index contributed by atoms with van der Waals surface area (Å²) in [5.74, 6) is 0.0892. The Balaban J connectivity index is 1.56. The summed E-state index contributed by atoms with van der Waals surface area (Å²) >= 11 is 0. The van der Waals surface area contributed by atoms with Gasteiger partial charge in [-0.3, -0.25) is 4.79 Å². The van der Waals surface area contributed by atoms with Crippen molar-refractivity contribution in [1.29, 1.82) is 0 Å². The predicted octanol–water partition coefficient (Wildman–Crippen LogP) is 3.25. The molecule has 1 aliphatic rings. The summed E-state index contributed by atoms with van der Waals surface area (Å²) in [6.07, 6.45) is 0.882. The van der Waals surface area contributed by atoms with Gasteiger partial charge in [0.15, 0.2) is 0 Å². The second kappa shape index (κ2) is 5.45. The van der Waals surface area contributed by atoms with Crippen molar-refractivity contribution in [3.8, 4) is 0 Å². The Kier molecular flexibility index (Phi) is 3.50. The Hall–Kier alpha value is -2.16. The lowest BCUT2D eigenvalue weighted by Crippen LogP contribution is -2.25. The van der Waals surface area contributed by atoms with Gasteiger partial charge in [-0.1, -0.05) is 48.5 Å². The van der Waals surface area contributed by atoms with E-state index in [4.69, 9.17) is 0 Å². The highest BCUT2D eigenvalue weighted by Crippen LogP contribution is 2.47. The molecule has 2 aromatic carbocycles. The first-order valence-corrected chi connectivity index (χ1v) is 6.82. The van der Waals surface area contributed by atoms with Crippen LogP contribution in [0.2, 0.25) is 0 Å². The fourth-order valence-electron chi connectivity index (χ4n) is 2.51. The summed E-state index contributed by atoms with van der Waals surface area (Å²) in [6.45, 7) is 0.253. The molecular weight excluding hydrogens is 253 g/mol. The molecule has 3 heteroatoms. The fourth-order valence-corrected chi connectivity index (χ4v) is 2.51. The molecule has 0 spiro atoms. The van der Waals surface area contributed by atoms with Crippen LogP contribution >= 0.6 is 0 Å². The van der Waals surface area contributed by atoms with Crippen molar-refractivity contribution < 1.29 is 9.18 Å². The van der Waals surface area contributed by atoms with Crippen LogP contribution in [-0.2, 0) is 11.3 Å². The first kappa shape index (κ1) is 12.9. The second-order valence-corrected chi connectivity index (χ2v) is 5.17. The zero-order valence-electron chi connectivity index (χ0n) is 11.1. The van der Waals surface area contributed by atoms with Gasteiger partial charge in [-0.25, -0.2) is 4.39 Å². The van der Waals surface area contributed by atoms with Gasteiger partial charge < -0.3 is 5.32 Å². The molecule has 1 amide bonds. The van der Waals surface area contributed by atoms with Crippen molar-refractivity contribution >= 4 is 5.91 Å². The van der Waals surface area contributed by atoms with Crippen LogP contribution in [0.15, 0.2) is 54.6 Å². The Bertz CT molecular complexity index is 611. The van der Waals surface area contributed by atoms with Gasteiger partial charge in [0.1, 0.15) is 5.82 Å². The quantitative estimate of drug-likeness (QED) is 0.907. The molecule has 2 aromatic rings. The van der Waals surface area contributed by atoms with Crippen LogP contribution in [0, 0.1) is 11.7 Å². The van der Waals surface area contributed by atoms with Crippen LogP contribution in [0.25, 0.3) is 0 Å². The van der Waals surface area contributed by atoms with Crippen molar-refractivity contribution in [2.45, 2.75) is 18.9 Å². The van der Waals surface area contributed by atoms with E-state index in [0.717, 1.165) is 6.42 Å². The maximum Gasteiger partial charge on any atom is 0.224 e. The van der Waals surface area contributed by atoms with Crippen molar-refractivity contribution in [3.63, 3.8) is 0 Å². The third-order valence-electron chi connectivity index (χ3n) is 3.77. The smallest absolute Gasteiger partial charge is 0.224 e. The summed E-state index contributed by atoms with van der Waals surface area (Å²) in [7, 11) is 0. The average molecular weight is 269 g/mol. The number of amides is 1. The lowest BCUT2D eigenvalue weighted by Gasteiger charge is -2.06. The number of rotatable bonds is 4. The molecule has 1 N–H and O–H groups in total. The number of hydrogen-bond acceptors (Lipinski definition) is 1. The van der Waals surface area contributed by atoms with E-state index in [1.807, 2.05) is 18.2 Å². The monoisotopic (exact) mass is 269 g/mol. The topological polar surface area (TPSA) is 29.1 Å². The summed E-state index contributed by atoms with van der Waals surface area (Å²) in [4.78, 5) is 12.0.